The van der Waals surface area contributed by atoms with E-state index in [9.17, 15) is 9.18 Å². The second-order valence-electron chi connectivity index (χ2n) is 3.59. The number of hydrogen-bond donors (Lipinski definition) is 0. The SMILES string of the molecule is O=CCCc1cccc(-c2ccc(F)nc2)n1. The molecule has 0 spiro atoms. The number of aldehydes is 1. The van der Waals surface area contributed by atoms with Gasteiger partial charge < -0.3 is 4.79 Å². The van der Waals surface area contributed by atoms with Gasteiger partial charge in [-0.1, -0.05) is 6.07 Å². The van der Waals surface area contributed by atoms with Gasteiger partial charge in [-0.3, -0.25) is 4.98 Å². The summed E-state index contributed by atoms with van der Waals surface area (Å²) < 4.78 is 12.7. The Labute approximate surface area is 98.3 Å². The van der Waals surface area contributed by atoms with Crippen LogP contribution in [-0.4, -0.2) is 16.3 Å². The zero-order valence-corrected chi connectivity index (χ0v) is 9.14. The smallest absolute Gasteiger partial charge is 0.212 e. The van der Waals surface area contributed by atoms with E-state index in [4.69, 9.17) is 0 Å². The molecule has 4 heteroatoms. The highest BCUT2D eigenvalue weighted by atomic mass is 19.1. The molecule has 2 heterocycles. The standard InChI is InChI=1S/C13H11FN2O/c14-13-7-6-10(9-15-13)12-5-1-3-11(16-12)4-2-8-17/h1,3,5-9H,2,4H2. The van der Waals surface area contributed by atoms with Crippen LogP contribution in [0.15, 0.2) is 36.5 Å². The molecule has 0 atom stereocenters. The monoisotopic (exact) mass is 230 g/mol. The maximum Gasteiger partial charge on any atom is 0.212 e. The van der Waals surface area contributed by atoms with Crippen LogP contribution in [-0.2, 0) is 11.2 Å². The summed E-state index contributed by atoms with van der Waals surface area (Å²) in [4.78, 5) is 18.3. The van der Waals surface area contributed by atoms with Gasteiger partial charge >= 0.3 is 0 Å². The molecule has 0 saturated heterocycles. The number of pyridine rings is 2. The van der Waals surface area contributed by atoms with Gasteiger partial charge in [-0.05, 0) is 30.7 Å². The molecule has 0 unspecified atom stereocenters. The van der Waals surface area contributed by atoms with Crippen molar-refractivity contribution in [1.29, 1.82) is 0 Å². The largest absolute Gasteiger partial charge is 0.303 e. The van der Waals surface area contributed by atoms with Gasteiger partial charge in [-0.2, -0.15) is 4.39 Å². The van der Waals surface area contributed by atoms with E-state index in [-0.39, 0.29) is 0 Å². The van der Waals surface area contributed by atoms with E-state index in [1.54, 1.807) is 6.07 Å². The number of carbonyl (C=O) groups excluding carboxylic acids is 1. The Morgan fingerprint density at radius 2 is 2.12 bits per heavy atom. The van der Waals surface area contributed by atoms with Crippen LogP contribution in [0.5, 0.6) is 0 Å². The summed E-state index contributed by atoms with van der Waals surface area (Å²) in [5.74, 6) is -0.508. The van der Waals surface area contributed by atoms with Gasteiger partial charge in [-0.15, -0.1) is 0 Å². The summed E-state index contributed by atoms with van der Waals surface area (Å²) in [6.07, 6.45) is 3.39. The Morgan fingerprint density at radius 3 is 2.82 bits per heavy atom. The summed E-state index contributed by atoms with van der Waals surface area (Å²) >= 11 is 0. The minimum absolute atomic E-state index is 0.456. The molecule has 0 aromatic carbocycles. The van der Waals surface area contributed by atoms with Gasteiger partial charge in [0.2, 0.25) is 5.95 Å². The maximum atomic E-state index is 12.7. The first-order valence-corrected chi connectivity index (χ1v) is 5.31. The molecule has 3 nitrogen and oxygen atoms in total. The molecule has 17 heavy (non-hydrogen) atoms. The van der Waals surface area contributed by atoms with E-state index in [0.717, 1.165) is 23.2 Å². The van der Waals surface area contributed by atoms with Crippen LogP contribution < -0.4 is 0 Å². The Hall–Kier alpha value is -2.10. The molecular formula is C13H11FN2O. The van der Waals surface area contributed by atoms with Crippen LogP contribution in [0, 0.1) is 5.95 Å². The lowest BCUT2D eigenvalue weighted by Crippen LogP contribution is -1.93. The van der Waals surface area contributed by atoms with Crippen LogP contribution >= 0.6 is 0 Å². The fourth-order valence-corrected chi connectivity index (χ4v) is 1.51. The summed E-state index contributed by atoms with van der Waals surface area (Å²) in [7, 11) is 0. The van der Waals surface area contributed by atoms with Gasteiger partial charge in [0.05, 0.1) is 5.69 Å². The summed E-state index contributed by atoms with van der Waals surface area (Å²) in [6.45, 7) is 0. The van der Waals surface area contributed by atoms with Crippen molar-refractivity contribution < 1.29 is 9.18 Å². The Morgan fingerprint density at radius 1 is 1.24 bits per heavy atom. The minimum Gasteiger partial charge on any atom is -0.303 e. The highest BCUT2D eigenvalue weighted by Crippen LogP contribution is 2.16. The molecule has 0 aliphatic carbocycles. The first kappa shape index (κ1) is 11.4. The topological polar surface area (TPSA) is 42.9 Å². The number of aromatic nitrogens is 2. The minimum atomic E-state index is -0.508. The van der Waals surface area contributed by atoms with E-state index in [1.807, 2.05) is 18.2 Å². The third kappa shape index (κ3) is 2.93. The third-order valence-electron chi connectivity index (χ3n) is 2.35. The van der Waals surface area contributed by atoms with Crippen molar-refractivity contribution in [3.63, 3.8) is 0 Å². The average molecular weight is 230 g/mol. The Balaban J connectivity index is 2.26. The summed E-state index contributed by atoms with van der Waals surface area (Å²) in [5, 5.41) is 0. The number of carbonyl (C=O) groups is 1. The third-order valence-corrected chi connectivity index (χ3v) is 2.35. The molecule has 0 aliphatic rings. The molecule has 86 valence electrons. The summed E-state index contributed by atoms with van der Waals surface area (Å²) in [5.41, 5.74) is 2.35. The van der Waals surface area contributed by atoms with Gasteiger partial charge in [0.15, 0.2) is 0 Å². The van der Waals surface area contributed by atoms with E-state index >= 15 is 0 Å². The number of hydrogen-bond acceptors (Lipinski definition) is 3. The fraction of sp³-hybridized carbons (Fsp3) is 0.154. The van der Waals surface area contributed by atoms with E-state index < -0.39 is 5.95 Å². The number of rotatable bonds is 4. The predicted octanol–water partition coefficient (Wildman–Crippen LogP) is 2.41. The zero-order valence-electron chi connectivity index (χ0n) is 9.14. The second-order valence-corrected chi connectivity index (χ2v) is 3.59. The van der Waals surface area contributed by atoms with E-state index in [2.05, 4.69) is 9.97 Å². The van der Waals surface area contributed by atoms with Crippen molar-refractivity contribution in [2.24, 2.45) is 0 Å². The van der Waals surface area contributed by atoms with Crippen molar-refractivity contribution in [2.75, 3.05) is 0 Å². The van der Waals surface area contributed by atoms with Gasteiger partial charge in [0, 0.05) is 23.9 Å². The molecule has 0 amide bonds. The molecule has 0 radical (unpaired) electrons. The zero-order chi connectivity index (χ0) is 12.1. The average Bonchev–Trinajstić information content (AvgIpc) is 2.37. The number of halogens is 1. The van der Waals surface area contributed by atoms with Crippen LogP contribution in [0.1, 0.15) is 12.1 Å². The molecule has 0 saturated carbocycles. The number of aryl methyl sites for hydroxylation is 1. The Kier molecular flexibility index (Phi) is 3.55. The first-order chi connectivity index (χ1) is 8.29. The predicted molar refractivity (Wildman–Crippen MR) is 61.8 cm³/mol. The number of nitrogens with zero attached hydrogens (tertiary/aromatic N) is 2. The highest BCUT2D eigenvalue weighted by Gasteiger charge is 2.02. The lowest BCUT2D eigenvalue weighted by Gasteiger charge is -2.03. The van der Waals surface area contributed by atoms with Crippen LogP contribution in [0.2, 0.25) is 0 Å². The highest BCUT2D eigenvalue weighted by molar-refractivity contribution is 5.57. The van der Waals surface area contributed by atoms with Gasteiger partial charge in [0.25, 0.3) is 0 Å². The molecular weight excluding hydrogens is 219 g/mol. The van der Waals surface area contributed by atoms with Crippen molar-refractivity contribution in [3.8, 4) is 11.3 Å². The van der Waals surface area contributed by atoms with Crippen molar-refractivity contribution in [2.45, 2.75) is 12.8 Å². The Bertz CT molecular complexity index is 511. The van der Waals surface area contributed by atoms with E-state index in [0.29, 0.717) is 12.8 Å². The summed E-state index contributed by atoms with van der Waals surface area (Å²) in [6, 6.07) is 8.50. The van der Waals surface area contributed by atoms with Gasteiger partial charge in [0.1, 0.15) is 6.29 Å². The molecule has 2 rings (SSSR count). The van der Waals surface area contributed by atoms with Crippen molar-refractivity contribution >= 4 is 6.29 Å². The lowest BCUT2D eigenvalue weighted by molar-refractivity contribution is -0.107. The maximum absolute atomic E-state index is 12.7. The van der Waals surface area contributed by atoms with Crippen LogP contribution in [0.25, 0.3) is 11.3 Å². The quantitative estimate of drug-likeness (QED) is 0.598. The normalized spacial score (nSPS) is 10.2. The molecule has 0 fully saturated rings. The van der Waals surface area contributed by atoms with Crippen molar-refractivity contribution in [3.05, 3.63) is 48.2 Å². The van der Waals surface area contributed by atoms with Gasteiger partial charge in [-0.25, -0.2) is 4.98 Å². The van der Waals surface area contributed by atoms with Crippen LogP contribution in [0.4, 0.5) is 4.39 Å². The second kappa shape index (κ2) is 5.30. The van der Waals surface area contributed by atoms with Crippen molar-refractivity contribution in [1.82, 2.24) is 9.97 Å². The molecule has 0 N–H and O–H groups in total. The molecule has 0 bridgehead atoms. The molecule has 0 aliphatic heterocycles. The fourth-order valence-electron chi connectivity index (χ4n) is 1.51. The molecule has 2 aromatic heterocycles. The lowest BCUT2D eigenvalue weighted by atomic mass is 10.1. The first-order valence-electron chi connectivity index (χ1n) is 5.31. The van der Waals surface area contributed by atoms with E-state index in [1.165, 1.54) is 12.3 Å². The van der Waals surface area contributed by atoms with Crippen LogP contribution in [0.3, 0.4) is 0 Å². The molecule has 2 aromatic rings.